The maximum absolute atomic E-state index is 11.8. The minimum atomic E-state index is -0.0904. The van der Waals surface area contributed by atoms with Gasteiger partial charge in [-0.2, -0.15) is 0 Å². The van der Waals surface area contributed by atoms with Gasteiger partial charge in [0.25, 0.3) is 0 Å². The van der Waals surface area contributed by atoms with Crippen LogP contribution in [0.2, 0.25) is 0 Å². The molecule has 0 saturated heterocycles. The lowest BCUT2D eigenvalue weighted by molar-refractivity contribution is -0.116. The molecule has 0 aliphatic carbocycles. The first kappa shape index (κ1) is 14.2. The van der Waals surface area contributed by atoms with E-state index < -0.39 is 0 Å². The Morgan fingerprint density at radius 3 is 2.83 bits per heavy atom. The number of thiazole rings is 1. The Morgan fingerprint density at radius 1 is 1.17 bits per heavy atom. The van der Waals surface area contributed by atoms with Crippen molar-refractivity contribution in [3.05, 3.63) is 70.0 Å². The van der Waals surface area contributed by atoms with Crippen molar-refractivity contribution in [2.75, 3.05) is 5.32 Å². The first-order valence-electron chi connectivity index (χ1n) is 7.64. The maximum atomic E-state index is 11.8. The summed E-state index contributed by atoms with van der Waals surface area (Å²) in [5.74, 6) is -0.0208. The number of nitrogens with one attached hydrogen (secondary N) is 1. The van der Waals surface area contributed by atoms with Crippen molar-refractivity contribution in [3.63, 3.8) is 0 Å². The second-order valence-electron chi connectivity index (χ2n) is 5.80. The lowest BCUT2D eigenvalue weighted by Gasteiger charge is -2.04. The molecule has 0 radical (unpaired) electrons. The molecule has 1 amide bonds. The topological polar surface area (TPSA) is 42.0 Å². The van der Waals surface area contributed by atoms with E-state index in [0.29, 0.717) is 0 Å². The number of aromatic nitrogens is 1. The molecule has 0 spiro atoms. The Hall–Kier alpha value is -2.46. The normalized spacial score (nSPS) is 16.2. The number of fused-ring (bicyclic) bond motifs is 1. The van der Waals surface area contributed by atoms with Gasteiger partial charge in [-0.15, -0.1) is 11.3 Å². The average molecular weight is 320 g/mol. The van der Waals surface area contributed by atoms with E-state index in [1.165, 1.54) is 5.56 Å². The predicted octanol–water partition coefficient (Wildman–Crippen LogP) is 4.46. The summed E-state index contributed by atoms with van der Waals surface area (Å²) >= 11 is 1.68. The second kappa shape index (κ2) is 5.63. The molecule has 3 aromatic rings. The first-order chi connectivity index (χ1) is 11.2. The van der Waals surface area contributed by atoms with Gasteiger partial charge < -0.3 is 5.32 Å². The van der Waals surface area contributed by atoms with E-state index in [4.69, 9.17) is 4.98 Å². The zero-order chi connectivity index (χ0) is 15.8. The van der Waals surface area contributed by atoms with Crippen molar-refractivity contribution >= 4 is 22.9 Å². The van der Waals surface area contributed by atoms with E-state index in [2.05, 4.69) is 41.0 Å². The molecular formula is C19H16N2OS. The summed E-state index contributed by atoms with van der Waals surface area (Å²) in [6.45, 7) is 1.94. The zero-order valence-corrected chi connectivity index (χ0v) is 13.6. The molecule has 1 aliphatic heterocycles. The fourth-order valence-electron chi connectivity index (χ4n) is 2.87. The van der Waals surface area contributed by atoms with Gasteiger partial charge in [-0.05, 0) is 30.2 Å². The van der Waals surface area contributed by atoms with Gasteiger partial charge in [-0.3, -0.25) is 4.79 Å². The molecule has 1 atom stereocenters. The van der Waals surface area contributed by atoms with Crippen molar-refractivity contribution < 1.29 is 4.79 Å². The van der Waals surface area contributed by atoms with Crippen LogP contribution in [0.3, 0.4) is 0 Å². The summed E-state index contributed by atoms with van der Waals surface area (Å²) in [6, 6.07) is 16.5. The molecule has 1 aliphatic rings. The summed E-state index contributed by atoms with van der Waals surface area (Å²) < 4.78 is 0. The van der Waals surface area contributed by atoms with E-state index in [1.54, 1.807) is 11.3 Å². The molecular weight excluding hydrogens is 304 g/mol. The van der Waals surface area contributed by atoms with Gasteiger partial charge in [0.15, 0.2) is 0 Å². The Labute approximate surface area is 139 Å². The quantitative estimate of drug-likeness (QED) is 0.774. The number of benzene rings is 2. The van der Waals surface area contributed by atoms with Crippen LogP contribution in [0, 0.1) is 0 Å². The number of carbonyl (C=O) groups excluding carboxylic acids is 1. The lowest BCUT2D eigenvalue weighted by Crippen LogP contribution is -2.08. The molecule has 0 unspecified atom stereocenters. The highest BCUT2D eigenvalue weighted by atomic mass is 32.1. The van der Waals surface area contributed by atoms with Crippen molar-refractivity contribution in [2.24, 2.45) is 0 Å². The third-order valence-corrected chi connectivity index (χ3v) is 5.06. The zero-order valence-electron chi connectivity index (χ0n) is 12.7. The van der Waals surface area contributed by atoms with Crippen LogP contribution in [0.25, 0.3) is 11.3 Å². The summed E-state index contributed by atoms with van der Waals surface area (Å²) in [5.41, 5.74) is 5.31. The maximum Gasteiger partial charge on any atom is 0.231 e. The van der Waals surface area contributed by atoms with Crippen LogP contribution < -0.4 is 5.32 Å². The van der Waals surface area contributed by atoms with Crippen LogP contribution in [0.15, 0.2) is 53.9 Å². The molecule has 2 aromatic carbocycles. The van der Waals surface area contributed by atoms with Crippen LogP contribution in [0.4, 0.5) is 5.69 Å². The fraction of sp³-hybridized carbons (Fsp3) is 0.158. The summed E-state index contributed by atoms with van der Waals surface area (Å²) in [4.78, 5) is 16.5. The number of rotatable bonds is 3. The highest BCUT2D eigenvalue weighted by Gasteiger charge is 2.26. The van der Waals surface area contributed by atoms with Crippen molar-refractivity contribution in [3.8, 4) is 11.3 Å². The Bertz CT molecular complexity index is 870. The van der Waals surface area contributed by atoms with Crippen LogP contribution >= 0.6 is 11.3 Å². The molecule has 2 heterocycles. The number of hydrogen-bond donors (Lipinski definition) is 1. The molecule has 0 saturated carbocycles. The summed E-state index contributed by atoms with van der Waals surface area (Å²) in [6.07, 6.45) is 0.854. The third-order valence-electron chi connectivity index (χ3n) is 4.21. The van der Waals surface area contributed by atoms with Crippen LogP contribution in [-0.2, 0) is 11.2 Å². The fourth-order valence-corrected chi connectivity index (χ4v) is 3.71. The number of carbonyl (C=O) groups is 1. The second-order valence-corrected chi connectivity index (χ2v) is 6.74. The van der Waals surface area contributed by atoms with Crippen LogP contribution in [0.5, 0.6) is 0 Å². The molecule has 114 valence electrons. The smallest absolute Gasteiger partial charge is 0.231 e. The number of nitrogens with zero attached hydrogens (tertiary/aromatic N) is 1. The molecule has 23 heavy (non-hydrogen) atoms. The molecule has 1 aromatic heterocycles. The van der Waals surface area contributed by atoms with E-state index in [9.17, 15) is 4.79 Å². The molecule has 3 nitrogen and oxygen atoms in total. The average Bonchev–Trinajstić information content (AvgIpc) is 3.14. The minimum Gasteiger partial charge on any atom is -0.325 e. The Balaban J connectivity index is 1.61. The number of amides is 1. The summed E-state index contributed by atoms with van der Waals surface area (Å²) in [5, 5.41) is 6.10. The molecule has 1 N–H and O–H groups in total. The minimum absolute atomic E-state index is 0.0696. The third kappa shape index (κ3) is 2.66. The largest absolute Gasteiger partial charge is 0.325 e. The van der Waals surface area contributed by atoms with E-state index >= 15 is 0 Å². The Kier molecular flexibility index (Phi) is 3.46. The van der Waals surface area contributed by atoms with Gasteiger partial charge >= 0.3 is 0 Å². The first-order valence-corrected chi connectivity index (χ1v) is 8.52. The van der Waals surface area contributed by atoms with E-state index in [-0.39, 0.29) is 11.8 Å². The summed E-state index contributed by atoms with van der Waals surface area (Å²) in [7, 11) is 0. The predicted molar refractivity (Wildman–Crippen MR) is 93.8 cm³/mol. The monoisotopic (exact) mass is 320 g/mol. The van der Waals surface area contributed by atoms with Crippen molar-refractivity contribution in [2.45, 2.75) is 19.3 Å². The van der Waals surface area contributed by atoms with Crippen molar-refractivity contribution in [1.82, 2.24) is 4.98 Å². The van der Waals surface area contributed by atoms with Crippen molar-refractivity contribution in [1.29, 1.82) is 0 Å². The standard InChI is InChI=1S/C19H16N2OS/c1-12-15-10-14(7-8-16(15)21-19(12)22)17-11-23-18(20-17)9-13-5-3-2-4-6-13/h2-8,10-12H,9H2,1H3,(H,21,22)/t12-/m0/s1. The van der Waals surface area contributed by atoms with Gasteiger partial charge in [-0.1, -0.05) is 36.4 Å². The van der Waals surface area contributed by atoms with E-state index in [1.807, 2.05) is 25.1 Å². The SMILES string of the molecule is C[C@@H]1C(=O)Nc2ccc(-c3csc(Cc4ccccc4)n3)cc21. The van der Waals surface area contributed by atoms with Gasteiger partial charge in [-0.25, -0.2) is 4.98 Å². The molecule has 4 heteroatoms. The van der Waals surface area contributed by atoms with E-state index in [0.717, 1.165) is 33.9 Å². The lowest BCUT2D eigenvalue weighted by atomic mass is 9.99. The highest BCUT2D eigenvalue weighted by Crippen LogP contribution is 2.35. The van der Waals surface area contributed by atoms with Crippen LogP contribution in [-0.4, -0.2) is 10.9 Å². The van der Waals surface area contributed by atoms with Gasteiger partial charge in [0, 0.05) is 23.1 Å². The molecule has 0 fully saturated rings. The highest BCUT2D eigenvalue weighted by molar-refractivity contribution is 7.10. The van der Waals surface area contributed by atoms with Gasteiger partial charge in [0.2, 0.25) is 5.91 Å². The van der Waals surface area contributed by atoms with Gasteiger partial charge in [0.05, 0.1) is 16.6 Å². The number of hydrogen-bond acceptors (Lipinski definition) is 3. The molecule has 0 bridgehead atoms. The van der Waals surface area contributed by atoms with Gasteiger partial charge in [0.1, 0.15) is 0 Å². The molecule has 4 rings (SSSR count). The Morgan fingerprint density at radius 2 is 2.00 bits per heavy atom. The number of anilines is 1. The van der Waals surface area contributed by atoms with Crippen LogP contribution in [0.1, 0.15) is 29.0 Å².